The first-order valence-corrected chi connectivity index (χ1v) is 21.5. The first kappa shape index (κ1) is 34.1. The summed E-state index contributed by atoms with van der Waals surface area (Å²) < 4.78 is 2.42. The summed E-state index contributed by atoms with van der Waals surface area (Å²) in [6.45, 7) is 0. The fourth-order valence-electron chi connectivity index (χ4n) is 9.72. The van der Waals surface area contributed by atoms with E-state index in [1.807, 2.05) is 0 Å². The zero-order chi connectivity index (χ0) is 40.0. The van der Waals surface area contributed by atoms with Gasteiger partial charge in [0.05, 0.1) is 0 Å². The summed E-state index contributed by atoms with van der Waals surface area (Å²) >= 11 is 1.79. The van der Waals surface area contributed by atoms with Crippen LogP contribution < -0.4 is 0 Å². The van der Waals surface area contributed by atoms with Crippen LogP contribution in [0.3, 0.4) is 0 Å². The van der Waals surface area contributed by atoms with Gasteiger partial charge in [0.15, 0.2) is 17.5 Å². The number of hydrogen-bond acceptors (Lipinski definition) is 4. The predicted octanol–water partition coefficient (Wildman–Crippen LogP) is 15.8. The summed E-state index contributed by atoms with van der Waals surface area (Å²) in [5, 5.41) is 14.6. The van der Waals surface area contributed by atoms with Crippen LogP contribution in [0.5, 0.6) is 0 Å². The van der Waals surface area contributed by atoms with E-state index in [-0.39, 0.29) is 0 Å². The van der Waals surface area contributed by atoms with Gasteiger partial charge in [0.2, 0.25) is 0 Å². The molecule has 13 aromatic rings. The van der Waals surface area contributed by atoms with Gasteiger partial charge in [0.1, 0.15) is 0 Å². The number of thiophene rings is 1. The molecule has 0 unspecified atom stereocenters. The number of benzene rings is 11. The van der Waals surface area contributed by atoms with Crippen LogP contribution in [0.1, 0.15) is 0 Å². The first-order valence-electron chi connectivity index (χ1n) is 20.7. The lowest BCUT2D eigenvalue weighted by Crippen LogP contribution is -2.01. The van der Waals surface area contributed by atoms with Crippen LogP contribution in [-0.2, 0) is 0 Å². The highest BCUT2D eigenvalue weighted by atomic mass is 32.1. The van der Waals surface area contributed by atoms with Gasteiger partial charge < -0.3 is 0 Å². The Labute approximate surface area is 355 Å². The second-order valence-electron chi connectivity index (χ2n) is 15.8. The lowest BCUT2D eigenvalue weighted by atomic mass is 9.87. The van der Waals surface area contributed by atoms with E-state index in [2.05, 4.69) is 200 Å². The third kappa shape index (κ3) is 5.26. The molecule has 3 nitrogen and oxygen atoms in total. The van der Waals surface area contributed by atoms with Gasteiger partial charge in [-0.25, -0.2) is 15.0 Å². The molecule has 0 bridgehead atoms. The molecule has 0 atom stereocenters. The smallest absolute Gasteiger partial charge is 0.165 e. The van der Waals surface area contributed by atoms with Gasteiger partial charge >= 0.3 is 0 Å². The Balaban J connectivity index is 1.06. The fourth-order valence-corrected chi connectivity index (χ4v) is 10.9. The van der Waals surface area contributed by atoms with Crippen molar-refractivity contribution >= 4 is 85.4 Å². The molecule has 4 heteroatoms. The summed E-state index contributed by atoms with van der Waals surface area (Å²) in [6.07, 6.45) is 0. The van der Waals surface area contributed by atoms with Crippen LogP contribution in [-0.4, -0.2) is 15.0 Å². The molecule has 282 valence electrons. The van der Waals surface area contributed by atoms with Crippen LogP contribution in [0.2, 0.25) is 0 Å². The van der Waals surface area contributed by atoms with Crippen molar-refractivity contribution in [2.24, 2.45) is 0 Å². The average Bonchev–Trinajstić information content (AvgIpc) is 3.72. The lowest BCUT2D eigenvalue weighted by molar-refractivity contribution is 1.08. The fraction of sp³-hybridized carbons (Fsp3) is 0. The maximum absolute atomic E-state index is 5.41. The molecule has 2 aromatic heterocycles. The molecular weight excluding hydrogens is 759 g/mol. The van der Waals surface area contributed by atoms with Crippen LogP contribution in [0.25, 0.3) is 130 Å². The lowest BCUT2D eigenvalue weighted by Gasteiger charge is -2.17. The first-order chi connectivity index (χ1) is 30.2. The number of hydrogen-bond donors (Lipinski definition) is 0. The highest BCUT2D eigenvalue weighted by molar-refractivity contribution is 7.26. The van der Waals surface area contributed by atoms with Crippen molar-refractivity contribution in [2.45, 2.75) is 0 Å². The number of aromatic nitrogens is 3. The zero-order valence-corrected chi connectivity index (χ0v) is 33.6. The van der Waals surface area contributed by atoms with Crippen molar-refractivity contribution in [1.29, 1.82) is 0 Å². The molecule has 0 fully saturated rings. The molecule has 0 saturated carbocycles. The van der Waals surface area contributed by atoms with Gasteiger partial charge in [-0.1, -0.05) is 176 Å². The Kier molecular flexibility index (Phi) is 7.47. The molecule has 0 aliphatic carbocycles. The topological polar surface area (TPSA) is 38.7 Å². The van der Waals surface area contributed by atoms with Crippen molar-refractivity contribution in [3.8, 4) is 56.4 Å². The number of nitrogens with zero attached hydrogens (tertiary/aromatic N) is 3. The molecule has 0 spiro atoms. The van der Waals surface area contributed by atoms with Gasteiger partial charge in [-0.2, -0.15) is 0 Å². The standard InChI is InChI=1S/C57H33N3S/c1-2-12-34(13-3-1)38-30-32-48(41-18-6-4-16-39(38)41)55-58-56(60-57(59-55)50-22-11-21-47-45-20-8-9-23-51(45)61-54(47)50)49-33-31-43(40-17-5-7-19-42(40)49)44-28-26-37-25-24-35-14-10-15-36-27-29-46(44)53(37)52(35)36/h1-33H. The molecule has 0 amide bonds. The van der Waals surface area contributed by atoms with E-state index in [0.717, 1.165) is 38.2 Å². The van der Waals surface area contributed by atoms with Crippen molar-refractivity contribution in [3.05, 3.63) is 200 Å². The largest absolute Gasteiger partial charge is 0.208 e. The number of fused-ring (bicyclic) bond motifs is 5. The maximum Gasteiger partial charge on any atom is 0.165 e. The van der Waals surface area contributed by atoms with Crippen molar-refractivity contribution in [3.63, 3.8) is 0 Å². The van der Waals surface area contributed by atoms with E-state index in [0.29, 0.717) is 17.5 Å². The van der Waals surface area contributed by atoms with Crippen molar-refractivity contribution in [2.75, 3.05) is 0 Å². The number of rotatable bonds is 5. The van der Waals surface area contributed by atoms with Gasteiger partial charge in [0.25, 0.3) is 0 Å². The van der Waals surface area contributed by atoms with Crippen LogP contribution >= 0.6 is 11.3 Å². The summed E-state index contributed by atoms with van der Waals surface area (Å²) in [5.41, 5.74) is 7.70. The van der Waals surface area contributed by atoms with E-state index in [1.54, 1.807) is 11.3 Å². The quantitative estimate of drug-likeness (QED) is 0.163. The monoisotopic (exact) mass is 791 g/mol. The van der Waals surface area contributed by atoms with Crippen LogP contribution in [0.15, 0.2) is 200 Å². The van der Waals surface area contributed by atoms with Gasteiger partial charge in [-0.3, -0.25) is 0 Å². The predicted molar refractivity (Wildman–Crippen MR) is 259 cm³/mol. The molecule has 0 aliphatic rings. The minimum atomic E-state index is 0.646. The second kappa shape index (κ2) is 13.4. The molecule has 11 aromatic carbocycles. The van der Waals surface area contributed by atoms with Gasteiger partial charge in [-0.05, 0) is 100 Å². The summed E-state index contributed by atoms with van der Waals surface area (Å²) in [5.74, 6) is 1.95. The summed E-state index contributed by atoms with van der Waals surface area (Å²) in [7, 11) is 0. The molecule has 0 N–H and O–H groups in total. The van der Waals surface area contributed by atoms with E-state index in [1.165, 1.54) is 74.7 Å². The molecule has 0 saturated heterocycles. The van der Waals surface area contributed by atoms with E-state index in [4.69, 9.17) is 15.0 Å². The summed E-state index contributed by atoms with van der Waals surface area (Å²) in [6, 6.07) is 72.1. The molecular formula is C57H33N3S. The summed E-state index contributed by atoms with van der Waals surface area (Å²) in [4.78, 5) is 16.2. The Morgan fingerprint density at radius 2 is 0.721 bits per heavy atom. The molecule has 0 radical (unpaired) electrons. The van der Waals surface area contributed by atoms with E-state index < -0.39 is 0 Å². The zero-order valence-electron chi connectivity index (χ0n) is 32.8. The Morgan fingerprint density at radius 1 is 0.262 bits per heavy atom. The Morgan fingerprint density at radius 3 is 1.43 bits per heavy atom. The molecule has 2 heterocycles. The van der Waals surface area contributed by atoms with Gasteiger partial charge in [0, 0.05) is 36.9 Å². The van der Waals surface area contributed by atoms with Gasteiger partial charge in [-0.15, -0.1) is 11.3 Å². The van der Waals surface area contributed by atoms with Crippen LogP contribution in [0.4, 0.5) is 0 Å². The average molecular weight is 792 g/mol. The third-order valence-corrected chi connectivity index (χ3v) is 13.7. The third-order valence-electron chi connectivity index (χ3n) is 12.5. The maximum atomic E-state index is 5.41. The minimum absolute atomic E-state index is 0.646. The second-order valence-corrected chi connectivity index (χ2v) is 16.9. The Bertz CT molecular complexity index is 3870. The highest BCUT2D eigenvalue weighted by Gasteiger charge is 2.21. The van der Waals surface area contributed by atoms with E-state index in [9.17, 15) is 0 Å². The molecule has 61 heavy (non-hydrogen) atoms. The highest BCUT2D eigenvalue weighted by Crippen LogP contribution is 2.44. The van der Waals surface area contributed by atoms with Crippen molar-refractivity contribution in [1.82, 2.24) is 15.0 Å². The Hall–Kier alpha value is -7.79. The molecule has 13 rings (SSSR count). The van der Waals surface area contributed by atoms with Crippen LogP contribution in [0, 0.1) is 0 Å². The SMILES string of the molecule is c1ccc(-c2ccc(-c3nc(-c4ccc(-c5ccc6ccc7cccc8ccc5c6c78)c5ccccc45)nc(-c4cccc5c4sc4ccccc45)n3)c3ccccc23)cc1. The normalized spacial score (nSPS) is 11.9. The molecule has 0 aliphatic heterocycles. The van der Waals surface area contributed by atoms with Crippen molar-refractivity contribution < 1.29 is 0 Å². The minimum Gasteiger partial charge on any atom is -0.208 e. The van der Waals surface area contributed by atoms with E-state index >= 15 is 0 Å².